The van der Waals surface area contributed by atoms with Crippen molar-refractivity contribution in [1.82, 2.24) is 0 Å². The van der Waals surface area contributed by atoms with Gasteiger partial charge in [0, 0.05) is 11.4 Å². The Hall–Kier alpha value is -3.25. The van der Waals surface area contributed by atoms with Crippen LogP contribution in [0.25, 0.3) is 0 Å². The minimum Gasteiger partial charge on any atom is -0.497 e. The van der Waals surface area contributed by atoms with Gasteiger partial charge in [0.2, 0.25) is 11.8 Å². The first-order valence-corrected chi connectivity index (χ1v) is 12.4. The predicted molar refractivity (Wildman–Crippen MR) is 140 cm³/mol. The van der Waals surface area contributed by atoms with Gasteiger partial charge in [0.15, 0.2) is 0 Å². The van der Waals surface area contributed by atoms with Gasteiger partial charge in [-0.2, -0.15) is 0 Å². The van der Waals surface area contributed by atoms with Gasteiger partial charge >= 0.3 is 0 Å². The molecule has 0 saturated carbocycles. The fourth-order valence-corrected chi connectivity index (χ4v) is 5.14. The van der Waals surface area contributed by atoms with Gasteiger partial charge in [-0.25, -0.2) is 0 Å². The Bertz CT molecular complexity index is 1170. The molecule has 4 rings (SSSR count). The van der Waals surface area contributed by atoms with E-state index in [2.05, 4.69) is 38.2 Å². The van der Waals surface area contributed by atoms with E-state index in [0.717, 1.165) is 28.3 Å². The van der Waals surface area contributed by atoms with Crippen LogP contribution in [0.15, 0.2) is 72.8 Å². The van der Waals surface area contributed by atoms with Crippen molar-refractivity contribution >= 4 is 35.0 Å². The third-order valence-corrected chi connectivity index (χ3v) is 7.07. The third-order valence-electron chi connectivity index (χ3n) is 5.86. The highest BCUT2D eigenvalue weighted by Gasteiger charge is 2.34. The molecule has 0 radical (unpaired) electrons. The fraction of sp³-hybridized carbons (Fsp3) is 0.286. The summed E-state index contributed by atoms with van der Waals surface area (Å²) in [5, 5.41) is 2.86. The highest BCUT2D eigenvalue weighted by Crippen LogP contribution is 2.42. The molecule has 6 heteroatoms. The summed E-state index contributed by atoms with van der Waals surface area (Å²) in [7, 11) is 1.62. The van der Waals surface area contributed by atoms with Gasteiger partial charge in [0.25, 0.3) is 0 Å². The van der Waals surface area contributed by atoms with Crippen LogP contribution in [0.1, 0.15) is 42.8 Å². The molecule has 34 heavy (non-hydrogen) atoms. The Morgan fingerprint density at radius 1 is 1.06 bits per heavy atom. The molecular weight excluding hydrogens is 444 g/mol. The van der Waals surface area contributed by atoms with Crippen molar-refractivity contribution in [2.45, 2.75) is 38.0 Å². The lowest BCUT2D eigenvalue weighted by Gasteiger charge is -2.26. The molecule has 3 aromatic rings. The Labute approximate surface area is 205 Å². The SMILES string of the molecule is COc1ccc(CC(=O)Nc2cccc(C3SCC(=O)N3c3ccc(C(C)(C)C)cc3)c2)cc1. The quantitative estimate of drug-likeness (QED) is 0.479. The van der Waals surface area contributed by atoms with E-state index < -0.39 is 0 Å². The van der Waals surface area contributed by atoms with Crippen LogP contribution in [-0.2, 0) is 21.4 Å². The average Bonchev–Trinajstić information content (AvgIpc) is 3.20. The number of amides is 2. The first kappa shape index (κ1) is 23.9. The zero-order chi connectivity index (χ0) is 24.3. The highest BCUT2D eigenvalue weighted by atomic mass is 32.2. The fourth-order valence-electron chi connectivity index (χ4n) is 3.98. The summed E-state index contributed by atoms with van der Waals surface area (Å²) in [5.74, 6) is 1.19. The molecule has 0 spiro atoms. The molecule has 0 aromatic heterocycles. The van der Waals surface area contributed by atoms with E-state index in [-0.39, 0.29) is 29.0 Å². The summed E-state index contributed by atoms with van der Waals surface area (Å²) in [6.45, 7) is 6.53. The summed E-state index contributed by atoms with van der Waals surface area (Å²) < 4.78 is 5.17. The molecule has 5 nitrogen and oxygen atoms in total. The van der Waals surface area contributed by atoms with E-state index in [1.807, 2.05) is 65.6 Å². The van der Waals surface area contributed by atoms with Crippen molar-refractivity contribution in [3.63, 3.8) is 0 Å². The number of nitrogens with one attached hydrogen (secondary N) is 1. The first-order valence-electron chi connectivity index (χ1n) is 11.3. The van der Waals surface area contributed by atoms with Gasteiger partial charge < -0.3 is 10.1 Å². The summed E-state index contributed by atoms with van der Waals surface area (Å²) in [6, 6.07) is 23.5. The number of nitrogens with zero attached hydrogens (tertiary/aromatic N) is 1. The zero-order valence-corrected chi connectivity index (χ0v) is 20.8. The first-order chi connectivity index (χ1) is 16.2. The van der Waals surface area contributed by atoms with E-state index in [1.165, 1.54) is 5.56 Å². The molecule has 0 aliphatic carbocycles. The standard InChI is InChI=1S/C28H30N2O3S/c1-28(2,3)21-10-12-23(13-11-21)30-26(32)18-34-27(30)20-6-5-7-22(17-20)29-25(31)16-19-8-14-24(33-4)15-9-19/h5-15,17,27H,16,18H2,1-4H3,(H,29,31). The van der Waals surface area contributed by atoms with Crippen molar-refractivity contribution in [3.05, 3.63) is 89.5 Å². The van der Waals surface area contributed by atoms with E-state index in [4.69, 9.17) is 4.74 Å². The summed E-state index contributed by atoms with van der Waals surface area (Å²) in [6.07, 6.45) is 0.275. The lowest BCUT2D eigenvalue weighted by Crippen LogP contribution is -2.28. The minimum absolute atomic E-state index is 0.0556. The second-order valence-electron chi connectivity index (χ2n) is 9.42. The van der Waals surface area contributed by atoms with Gasteiger partial charge in [-0.05, 0) is 58.5 Å². The minimum atomic E-state index is -0.133. The lowest BCUT2D eigenvalue weighted by molar-refractivity contribution is -0.116. The number of hydrogen-bond donors (Lipinski definition) is 1. The summed E-state index contributed by atoms with van der Waals surface area (Å²) in [4.78, 5) is 27.2. The number of ether oxygens (including phenoxy) is 1. The van der Waals surface area contributed by atoms with Gasteiger partial charge in [-0.15, -0.1) is 11.8 Å². The van der Waals surface area contributed by atoms with Gasteiger partial charge in [-0.3, -0.25) is 14.5 Å². The van der Waals surface area contributed by atoms with E-state index >= 15 is 0 Å². The van der Waals surface area contributed by atoms with Crippen LogP contribution in [-0.4, -0.2) is 24.7 Å². The molecule has 176 valence electrons. The van der Waals surface area contributed by atoms with E-state index in [0.29, 0.717) is 5.75 Å². The molecule has 1 heterocycles. The normalized spacial score (nSPS) is 15.9. The lowest BCUT2D eigenvalue weighted by atomic mass is 9.87. The number of rotatable bonds is 6. The van der Waals surface area contributed by atoms with Crippen molar-refractivity contribution in [3.8, 4) is 5.75 Å². The monoisotopic (exact) mass is 474 g/mol. The van der Waals surface area contributed by atoms with Crippen molar-refractivity contribution in [2.75, 3.05) is 23.1 Å². The molecule has 1 aliphatic heterocycles. The summed E-state index contributed by atoms with van der Waals surface area (Å²) in [5.41, 5.74) is 4.80. The van der Waals surface area contributed by atoms with E-state index in [9.17, 15) is 9.59 Å². The van der Waals surface area contributed by atoms with Gasteiger partial charge in [0.1, 0.15) is 11.1 Å². The number of benzene rings is 3. The molecule has 1 unspecified atom stereocenters. The molecule has 2 amide bonds. The highest BCUT2D eigenvalue weighted by molar-refractivity contribution is 8.00. The number of methoxy groups -OCH3 is 1. The molecule has 3 aromatic carbocycles. The van der Waals surface area contributed by atoms with Crippen LogP contribution in [0.3, 0.4) is 0 Å². The maximum atomic E-state index is 12.8. The Kier molecular flexibility index (Phi) is 6.98. The Morgan fingerprint density at radius 2 is 1.76 bits per heavy atom. The Balaban J connectivity index is 1.49. The van der Waals surface area contributed by atoms with Gasteiger partial charge in [-0.1, -0.05) is 57.2 Å². The van der Waals surface area contributed by atoms with Crippen LogP contribution in [0, 0.1) is 0 Å². The largest absolute Gasteiger partial charge is 0.497 e. The van der Waals surface area contributed by atoms with Crippen molar-refractivity contribution in [1.29, 1.82) is 0 Å². The Morgan fingerprint density at radius 3 is 2.41 bits per heavy atom. The second kappa shape index (κ2) is 9.94. The zero-order valence-electron chi connectivity index (χ0n) is 20.0. The molecule has 0 bridgehead atoms. The molecule has 1 aliphatic rings. The second-order valence-corrected chi connectivity index (χ2v) is 10.5. The maximum Gasteiger partial charge on any atom is 0.238 e. The van der Waals surface area contributed by atoms with Crippen LogP contribution in [0.4, 0.5) is 11.4 Å². The number of anilines is 2. The smallest absolute Gasteiger partial charge is 0.238 e. The van der Waals surface area contributed by atoms with Crippen molar-refractivity contribution < 1.29 is 14.3 Å². The topological polar surface area (TPSA) is 58.6 Å². The average molecular weight is 475 g/mol. The predicted octanol–water partition coefficient (Wildman–Crippen LogP) is 5.95. The van der Waals surface area contributed by atoms with Crippen LogP contribution in [0.2, 0.25) is 0 Å². The number of carbonyl (C=O) groups excluding carboxylic acids is 2. The third kappa shape index (κ3) is 5.45. The molecular formula is C28H30N2O3S. The van der Waals surface area contributed by atoms with Crippen LogP contribution < -0.4 is 15.0 Å². The van der Waals surface area contributed by atoms with Crippen LogP contribution >= 0.6 is 11.8 Å². The molecule has 1 N–H and O–H groups in total. The van der Waals surface area contributed by atoms with Crippen molar-refractivity contribution in [2.24, 2.45) is 0 Å². The number of carbonyl (C=O) groups is 2. The molecule has 1 atom stereocenters. The van der Waals surface area contributed by atoms with E-state index in [1.54, 1.807) is 18.9 Å². The molecule has 1 fully saturated rings. The van der Waals surface area contributed by atoms with Gasteiger partial charge in [0.05, 0.1) is 19.3 Å². The summed E-state index contributed by atoms with van der Waals surface area (Å²) >= 11 is 1.60. The number of hydrogen-bond acceptors (Lipinski definition) is 4. The maximum absolute atomic E-state index is 12.8. The molecule has 1 saturated heterocycles. The van der Waals surface area contributed by atoms with Crippen LogP contribution in [0.5, 0.6) is 5.75 Å². The number of thioether (sulfide) groups is 1.